The summed E-state index contributed by atoms with van der Waals surface area (Å²) in [6.07, 6.45) is 4.15. The molecule has 1 aromatic heterocycles. The summed E-state index contributed by atoms with van der Waals surface area (Å²) in [6, 6.07) is 8.37. The molecule has 3 fully saturated rings. The first-order valence-corrected chi connectivity index (χ1v) is 12.2. The first kappa shape index (κ1) is 20.5. The maximum Gasteiger partial charge on any atom is 0.245 e. The normalized spacial score (nSPS) is 19.1. The number of nitrogens with zero attached hydrogens (tertiary/aromatic N) is 3. The summed E-state index contributed by atoms with van der Waals surface area (Å²) in [6.45, 7) is 9.95. The van der Waals surface area contributed by atoms with Gasteiger partial charge in [-0.25, -0.2) is 0 Å². The molecule has 1 aromatic carbocycles. The van der Waals surface area contributed by atoms with Crippen LogP contribution in [-0.4, -0.2) is 48.2 Å². The van der Waals surface area contributed by atoms with Gasteiger partial charge in [-0.2, -0.15) is 4.98 Å². The third-order valence-electron chi connectivity index (χ3n) is 6.53. The molecule has 5 rings (SSSR count). The molecule has 7 heteroatoms. The zero-order chi connectivity index (χ0) is 21.8. The number of hydrogen-bond acceptors (Lipinski definition) is 6. The molecule has 164 valence electrons. The second kappa shape index (κ2) is 7.62. The first-order chi connectivity index (χ1) is 14.9. The largest absolute Gasteiger partial charge is 0.436 e. The van der Waals surface area contributed by atoms with E-state index in [0.717, 1.165) is 67.4 Å². The van der Waals surface area contributed by atoms with Gasteiger partial charge in [0.2, 0.25) is 11.8 Å². The molecule has 1 aliphatic carbocycles. The Morgan fingerprint density at radius 2 is 1.81 bits per heavy atom. The summed E-state index contributed by atoms with van der Waals surface area (Å²) in [5.74, 6) is 3.09. The van der Waals surface area contributed by atoms with E-state index in [0.29, 0.717) is 17.7 Å². The average molecular weight is 439 g/mol. The molecule has 0 unspecified atom stereocenters. The van der Waals surface area contributed by atoms with Gasteiger partial charge in [0, 0.05) is 43.8 Å². The molecule has 1 amide bonds. The zero-order valence-corrected chi connectivity index (χ0v) is 19.5. The Labute approximate surface area is 188 Å². The van der Waals surface area contributed by atoms with Crippen molar-refractivity contribution in [3.05, 3.63) is 41.0 Å². The Bertz CT molecular complexity index is 999. The predicted molar refractivity (Wildman–Crippen MR) is 126 cm³/mol. The van der Waals surface area contributed by atoms with Gasteiger partial charge in [-0.05, 0) is 56.9 Å². The summed E-state index contributed by atoms with van der Waals surface area (Å²) in [4.78, 5) is 21.5. The summed E-state index contributed by atoms with van der Waals surface area (Å²) in [5.41, 5.74) is 4.58. The van der Waals surface area contributed by atoms with Crippen LogP contribution in [0.3, 0.4) is 0 Å². The van der Waals surface area contributed by atoms with E-state index in [1.54, 1.807) is 0 Å². The van der Waals surface area contributed by atoms with Crippen molar-refractivity contribution < 1.29 is 9.53 Å². The number of ether oxygens (including phenoxy) is 1. The van der Waals surface area contributed by atoms with E-state index in [-0.39, 0.29) is 5.41 Å². The molecule has 2 aromatic rings. The maximum absolute atomic E-state index is 12.2. The second-order valence-corrected chi connectivity index (χ2v) is 10.1. The summed E-state index contributed by atoms with van der Waals surface area (Å²) >= 11 is 1.53. The molecule has 1 saturated carbocycles. The van der Waals surface area contributed by atoms with Crippen molar-refractivity contribution in [2.24, 2.45) is 11.3 Å². The highest BCUT2D eigenvalue weighted by molar-refractivity contribution is 7.99. The van der Waals surface area contributed by atoms with Gasteiger partial charge in [0.25, 0.3) is 0 Å². The minimum Gasteiger partial charge on any atom is -0.436 e. The van der Waals surface area contributed by atoms with Crippen LogP contribution in [0.1, 0.15) is 29.5 Å². The Hall–Kier alpha value is -2.41. The van der Waals surface area contributed by atoms with Crippen molar-refractivity contribution in [3.63, 3.8) is 0 Å². The highest BCUT2D eigenvalue weighted by atomic mass is 32.2. The van der Waals surface area contributed by atoms with Crippen molar-refractivity contribution in [2.45, 2.75) is 33.6 Å². The molecule has 0 bridgehead atoms. The number of carbonyl (C=O) groups excluding carboxylic acids is 1. The standard InChI is InChI=1S/C24H30N4O2S/c1-15-9-16(2)21(17(3)10-15)30-22-19(26-31-4)7-8-20(25-22)27-11-24(12-27)13-28(14-24)23(29)18-5-6-18/h7-10,18,26H,5-6,11-14H2,1-4H3. The number of benzene rings is 1. The highest BCUT2D eigenvalue weighted by Gasteiger charge is 2.54. The number of pyridine rings is 1. The van der Waals surface area contributed by atoms with Crippen LogP contribution in [0.15, 0.2) is 24.3 Å². The molecule has 2 saturated heterocycles. The van der Waals surface area contributed by atoms with Crippen LogP contribution in [0.25, 0.3) is 0 Å². The van der Waals surface area contributed by atoms with Gasteiger partial charge in [0.1, 0.15) is 17.3 Å². The summed E-state index contributed by atoms with van der Waals surface area (Å²) in [7, 11) is 0. The van der Waals surface area contributed by atoms with Crippen LogP contribution < -0.4 is 14.4 Å². The quantitative estimate of drug-likeness (QED) is 0.668. The number of rotatable bonds is 6. The van der Waals surface area contributed by atoms with Crippen molar-refractivity contribution in [1.82, 2.24) is 9.88 Å². The number of aryl methyl sites for hydroxylation is 3. The fraction of sp³-hybridized carbons (Fsp3) is 0.500. The molecule has 1 N–H and O–H groups in total. The number of nitrogens with one attached hydrogen (secondary N) is 1. The van der Waals surface area contributed by atoms with Crippen LogP contribution >= 0.6 is 11.9 Å². The highest BCUT2D eigenvalue weighted by Crippen LogP contribution is 2.45. The molecule has 0 radical (unpaired) electrons. The SMILES string of the molecule is CSNc1ccc(N2CC3(CN(C(=O)C4CC4)C3)C2)nc1Oc1c(C)cc(C)cc1C. The van der Waals surface area contributed by atoms with Gasteiger partial charge in [0.15, 0.2) is 0 Å². The lowest BCUT2D eigenvalue weighted by Gasteiger charge is -2.60. The molecule has 2 aliphatic heterocycles. The molecular formula is C24H30N4O2S. The number of aromatic nitrogens is 1. The fourth-order valence-corrected chi connectivity index (χ4v) is 5.31. The first-order valence-electron chi connectivity index (χ1n) is 11.0. The van der Waals surface area contributed by atoms with Gasteiger partial charge in [-0.1, -0.05) is 29.6 Å². The number of likely N-dealkylation sites (tertiary alicyclic amines) is 1. The van der Waals surface area contributed by atoms with Gasteiger partial charge in [-0.3, -0.25) is 4.79 Å². The van der Waals surface area contributed by atoms with E-state index in [2.05, 4.69) is 48.6 Å². The molecule has 31 heavy (non-hydrogen) atoms. The molecule has 1 spiro atoms. The number of carbonyl (C=O) groups is 1. The Balaban J connectivity index is 1.31. The van der Waals surface area contributed by atoms with E-state index >= 15 is 0 Å². The molecule has 6 nitrogen and oxygen atoms in total. The van der Waals surface area contributed by atoms with Crippen molar-refractivity contribution >= 4 is 29.4 Å². The van der Waals surface area contributed by atoms with Gasteiger partial charge in [0.05, 0.1) is 0 Å². The van der Waals surface area contributed by atoms with Crippen LogP contribution in [-0.2, 0) is 4.79 Å². The monoisotopic (exact) mass is 438 g/mol. The Morgan fingerprint density at radius 3 is 2.42 bits per heavy atom. The van der Waals surface area contributed by atoms with E-state index in [9.17, 15) is 4.79 Å². The lowest BCUT2D eigenvalue weighted by molar-refractivity contribution is -0.146. The van der Waals surface area contributed by atoms with Gasteiger partial charge < -0.3 is 19.3 Å². The van der Waals surface area contributed by atoms with Crippen LogP contribution in [0, 0.1) is 32.1 Å². The van der Waals surface area contributed by atoms with Gasteiger partial charge in [-0.15, -0.1) is 0 Å². The molecule has 3 aliphatic rings. The van der Waals surface area contributed by atoms with E-state index < -0.39 is 0 Å². The van der Waals surface area contributed by atoms with E-state index in [1.165, 1.54) is 17.5 Å². The Morgan fingerprint density at radius 1 is 1.13 bits per heavy atom. The maximum atomic E-state index is 12.2. The molecule has 0 atom stereocenters. The average Bonchev–Trinajstić information content (AvgIpc) is 3.49. The molecule has 3 heterocycles. The van der Waals surface area contributed by atoms with Crippen molar-refractivity contribution in [3.8, 4) is 11.6 Å². The molecular weight excluding hydrogens is 408 g/mol. The third-order valence-corrected chi connectivity index (χ3v) is 6.95. The van der Waals surface area contributed by atoms with E-state index in [1.807, 2.05) is 17.2 Å². The van der Waals surface area contributed by atoms with Gasteiger partial charge >= 0.3 is 0 Å². The minimum atomic E-state index is 0.258. The number of hydrogen-bond donors (Lipinski definition) is 1. The lowest BCUT2D eigenvalue weighted by Crippen LogP contribution is -2.73. The van der Waals surface area contributed by atoms with E-state index in [4.69, 9.17) is 9.72 Å². The fourth-order valence-electron chi connectivity index (χ4n) is 4.93. The smallest absolute Gasteiger partial charge is 0.245 e. The predicted octanol–water partition coefficient (Wildman–Crippen LogP) is 4.55. The Kier molecular flexibility index (Phi) is 5.04. The minimum absolute atomic E-state index is 0.258. The van der Waals surface area contributed by atoms with Crippen LogP contribution in [0.5, 0.6) is 11.6 Å². The topological polar surface area (TPSA) is 57.7 Å². The number of anilines is 2. The van der Waals surface area contributed by atoms with Crippen molar-refractivity contribution in [1.29, 1.82) is 0 Å². The van der Waals surface area contributed by atoms with Crippen molar-refractivity contribution in [2.75, 3.05) is 42.1 Å². The summed E-state index contributed by atoms with van der Waals surface area (Å²) < 4.78 is 9.63. The lowest BCUT2D eigenvalue weighted by atomic mass is 9.72. The van der Waals surface area contributed by atoms with Crippen LogP contribution in [0.4, 0.5) is 11.5 Å². The second-order valence-electron chi connectivity index (χ2n) is 9.48. The third kappa shape index (κ3) is 3.84. The summed E-state index contributed by atoms with van der Waals surface area (Å²) in [5, 5.41) is 0. The van der Waals surface area contributed by atoms with Crippen LogP contribution in [0.2, 0.25) is 0 Å². The number of amides is 1. The zero-order valence-electron chi connectivity index (χ0n) is 18.7.